The van der Waals surface area contributed by atoms with E-state index < -0.39 is 23.3 Å². The van der Waals surface area contributed by atoms with Crippen LogP contribution in [0.2, 0.25) is 0 Å². The molecule has 1 aromatic carbocycles. The lowest BCUT2D eigenvalue weighted by molar-refractivity contribution is -0.137. The number of nitrogens with one attached hydrogen (secondary N) is 1. The minimum atomic E-state index is -4.49. The van der Waals surface area contributed by atoms with Crippen LogP contribution in [0.15, 0.2) is 52.5 Å². The summed E-state index contributed by atoms with van der Waals surface area (Å²) >= 11 is 0.923. The van der Waals surface area contributed by atoms with Gasteiger partial charge >= 0.3 is 11.9 Å². The Bertz CT molecular complexity index is 1070. The molecule has 3 rings (SSSR count). The van der Waals surface area contributed by atoms with Crippen molar-refractivity contribution >= 4 is 29.0 Å². The van der Waals surface area contributed by atoms with E-state index in [9.17, 15) is 22.8 Å². The van der Waals surface area contributed by atoms with E-state index in [1.807, 2.05) is 6.92 Å². The summed E-state index contributed by atoms with van der Waals surface area (Å²) in [5.41, 5.74) is -0.0392. The SMILES string of the molecule is Cc1ccn2c(=O)nc(SCC(=O)Nc3cccc(C(F)(F)F)c3)nc2c1. The smallest absolute Gasteiger partial charge is 0.325 e. The molecule has 0 unspecified atom stereocenters. The number of carbonyl (C=O) groups is 1. The molecular weight excluding hydrogens is 381 g/mol. The van der Waals surface area contributed by atoms with Gasteiger partial charge in [0, 0.05) is 11.9 Å². The number of pyridine rings is 1. The molecule has 0 spiro atoms. The van der Waals surface area contributed by atoms with Gasteiger partial charge in [0.05, 0.1) is 11.3 Å². The van der Waals surface area contributed by atoms with Gasteiger partial charge in [-0.1, -0.05) is 17.8 Å². The second-order valence-corrected chi connectivity index (χ2v) is 6.58. The van der Waals surface area contributed by atoms with Crippen molar-refractivity contribution in [3.63, 3.8) is 0 Å². The summed E-state index contributed by atoms with van der Waals surface area (Å²) in [5.74, 6) is -0.690. The number of aromatic nitrogens is 3. The molecule has 0 bridgehead atoms. The first-order valence-electron chi connectivity index (χ1n) is 7.69. The van der Waals surface area contributed by atoms with Gasteiger partial charge in [0.2, 0.25) is 5.91 Å². The Hall–Kier alpha value is -2.88. The molecule has 0 saturated carbocycles. The molecule has 0 aliphatic rings. The Labute approximate surface area is 155 Å². The highest BCUT2D eigenvalue weighted by Gasteiger charge is 2.30. The quantitative estimate of drug-likeness (QED) is 0.688. The molecule has 27 heavy (non-hydrogen) atoms. The number of aryl methyl sites for hydroxylation is 1. The minimum absolute atomic E-state index is 0.0329. The molecule has 3 aromatic rings. The zero-order valence-electron chi connectivity index (χ0n) is 13.9. The number of fused-ring (bicyclic) bond motifs is 1. The summed E-state index contributed by atoms with van der Waals surface area (Å²) in [5, 5.41) is 2.50. The first-order valence-corrected chi connectivity index (χ1v) is 8.68. The van der Waals surface area contributed by atoms with E-state index in [1.54, 1.807) is 18.3 Å². The predicted octanol–water partition coefficient (Wildman–Crippen LogP) is 3.15. The molecule has 0 aliphatic carbocycles. The van der Waals surface area contributed by atoms with Crippen LogP contribution >= 0.6 is 11.8 Å². The first kappa shape index (κ1) is 18.9. The van der Waals surface area contributed by atoms with Gasteiger partial charge in [0.15, 0.2) is 5.16 Å². The standard InChI is InChI=1S/C17H13F3N4O2S/c1-10-5-6-24-13(7-10)22-15(23-16(24)26)27-9-14(25)21-12-4-2-3-11(8-12)17(18,19)20/h2-8H,9H2,1H3,(H,21,25). The lowest BCUT2D eigenvalue weighted by atomic mass is 10.2. The van der Waals surface area contributed by atoms with Crippen LogP contribution < -0.4 is 11.0 Å². The third-order valence-electron chi connectivity index (χ3n) is 3.50. The Morgan fingerprint density at radius 2 is 2.00 bits per heavy atom. The number of benzene rings is 1. The fourth-order valence-electron chi connectivity index (χ4n) is 2.26. The van der Waals surface area contributed by atoms with Gasteiger partial charge in [-0.25, -0.2) is 9.78 Å². The van der Waals surface area contributed by atoms with E-state index in [0.29, 0.717) is 5.65 Å². The van der Waals surface area contributed by atoms with Gasteiger partial charge in [-0.05, 0) is 42.8 Å². The Morgan fingerprint density at radius 1 is 1.22 bits per heavy atom. The molecule has 0 fully saturated rings. The number of anilines is 1. The third kappa shape index (κ3) is 4.64. The van der Waals surface area contributed by atoms with Crippen LogP contribution in [0, 0.1) is 6.92 Å². The Balaban J connectivity index is 1.69. The zero-order valence-corrected chi connectivity index (χ0v) is 14.8. The Kier molecular flexibility index (Phi) is 5.17. The second-order valence-electron chi connectivity index (χ2n) is 5.64. The molecule has 0 radical (unpaired) electrons. The summed E-state index contributed by atoms with van der Waals surface area (Å²) in [6.45, 7) is 1.85. The summed E-state index contributed by atoms with van der Waals surface area (Å²) < 4.78 is 39.4. The van der Waals surface area contributed by atoms with Crippen LogP contribution in [0.1, 0.15) is 11.1 Å². The van der Waals surface area contributed by atoms with E-state index in [4.69, 9.17) is 0 Å². The highest BCUT2D eigenvalue weighted by Crippen LogP contribution is 2.30. The lowest BCUT2D eigenvalue weighted by Crippen LogP contribution is -2.20. The molecule has 0 saturated heterocycles. The van der Waals surface area contributed by atoms with Crippen molar-refractivity contribution < 1.29 is 18.0 Å². The number of thioether (sulfide) groups is 1. The maximum absolute atomic E-state index is 12.7. The van der Waals surface area contributed by atoms with Crippen molar-refractivity contribution in [1.82, 2.24) is 14.4 Å². The maximum Gasteiger partial charge on any atom is 0.416 e. The summed E-state index contributed by atoms with van der Waals surface area (Å²) in [7, 11) is 0. The van der Waals surface area contributed by atoms with Crippen molar-refractivity contribution in [3.05, 3.63) is 64.2 Å². The Morgan fingerprint density at radius 3 is 2.74 bits per heavy atom. The van der Waals surface area contributed by atoms with Gasteiger partial charge in [-0.3, -0.25) is 9.20 Å². The van der Waals surface area contributed by atoms with E-state index in [2.05, 4.69) is 15.3 Å². The fraction of sp³-hybridized carbons (Fsp3) is 0.176. The van der Waals surface area contributed by atoms with Gasteiger partial charge in [-0.2, -0.15) is 18.2 Å². The average molecular weight is 394 g/mol. The molecule has 140 valence electrons. The average Bonchev–Trinajstić information content (AvgIpc) is 2.59. The molecular formula is C17H13F3N4O2S. The molecule has 6 nitrogen and oxygen atoms in total. The number of rotatable bonds is 4. The molecule has 1 N–H and O–H groups in total. The van der Waals surface area contributed by atoms with Crippen molar-refractivity contribution in [2.24, 2.45) is 0 Å². The second kappa shape index (κ2) is 7.39. The van der Waals surface area contributed by atoms with Crippen LogP contribution in [0.3, 0.4) is 0 Å². The summed E-state index contributed by atoms with van der Waals surface area (Å²) in [6.07, 6.45) is -2.93. The normalized spacial score (nSPS) is 11.6. The number of halogens is 3. The molecule has 0 atom stereocenters. The predicted molar refractivity (Wildman–Crippen MR) is 94.8 cm³/mol. The van der Waals surface area contributed by atoms with Crippen LogP contribution in [0.25, 0.3) is 5.65 Å². The molecule has 2 aromatic heterocycles. The van der Waals surface area contributed by atoms with Gasteiger partial charge in [0.25, 0.3) is 0 Å². The fourth-order valence-corrected chi connectivity index (χ4v) is 2.89. The highest BCUT2D eigenvalue weighted by atomic mass is 32.2. The zero-order chi connectivity index (χ0) is 19.6. The van der Waals surface area contributed by atoms with Gasteiger partial charge in [0.1, 0.15) is 5.65 Å². The van der Waals surface area contributed by atoms with Gasteiger partial charge in [-0.15, -0.1) is 0 Å². The lowest BCUT2D eigenvalue weighted by Gasteiger charge is -2.09. The number of alkyl halides is 3. The summed E-state index contributed by atoms with van der Waals surface area (Å²) in [4.78, 5) is 32.0. The number of amides is 1. The highest BCUT2D eigenvalue weighted by molar-refractivity contribution is 7.99. The molecule has 0 aliphatic heterocycles. The molecule has 2 heterocycles. The van der Waals surface area contributed by atoms with E-state index >= 15 is 0 Å². The van der Waals surface area contributed by atoms with Crippen LogP contribution in [0.4, 0.5) is 18.9 Å². The number of nitrogens with zero attached hydrogens (tertiary/aromatic N) is 3. The van der Waals surface area contributed by atoms with Crippen LogP contribution in [0.5, 0.6) is 0 Å². The third-order valence-corrected chi connectivity index (χ3v) is 4.35. The minimum Gasteiger partial charge on any atom is -0.325 e. The van der Waals surface area contributed by atoms with Crippen molar-refractivity contribution in [2.75, 3.05) is 11.1 Å². The largest absolute Gasteiger partial charge is 0.416 e. The monoisotopic (exact) mass is 394 g/mol. The van der Waals surface area contributed by atoms with Crippen LogP contribution in [-0.2, 0) is 11.0 Å². The van der Waals surface area contributed by atoms with E-state index in [1.165, 1.54) is 16.5 Å². The van der Waals surface area contributed by atoms with Crippen molar-refractivity contribution in [3.8, 4) is 0 Å². The summed E-state index contributed by atoms with van der Waals surface area (Å²) in [6, 6.07) is 7.79. The van der Waals surface area contributed by atoms with E-state index in [0.717, 1.165) is 29.5 Å². The van der Waals surface area contributed by atoms with Crippen molar-refractivity contribution in [1.29, 1.82) is 0 Å². The van der Waals surface area contributed by atoms with Crippen molar-refractivity contribution in [2.45, 2.75) is 18.3 Å². The molecule has 1 amide bonds. The number of hydrogen-bond donors (Lipinski definition) is 1. The van der Waals surface area contributed by atoms with Crippen LogP contribution in [-0.4, -0.2) is 26.0 Å². The van der Waals surface area contributed by atoms with Gasteiger partial charge < -0.3 is 5.32 Å². The number of hydrogen-bond acceptors (Lipinski definition) is 5. The topological polar surface area (TPSA) is 76.4 Å². The maximum atomic E-state index is 12.7. The van der Waals surface area contributed by atoms with E-state index in [-0.39, 0.29) is 16.6 Å². The first-order chi connectivity index (χ1) is 12.7. The number of carbonyl (C=O) groups excluding carboxylic acids is 1. The molecule has 10 heteroatoms.